The molecule has 1 aliphatic rings. The molecule has 0 radical (unpaired) electrons. The number of tetrazole rings is 1. The van der Waals surface area contributed by atoms with Crippen molar-refractivity contribution in [2.75, 3.05) is 20.3 Å². The van der Waals surface area contributed by atoms with Gasteiger partial charge in [-0.2, -0.15) is 0 Å². The van der Waals surface area contributed by atoms with Crippen LogP contribution in [0.4, 0.5) is 0 Å². The van der Waals surface area contributed by atoms with E-state index >= 15 is 0 Å². The number of ether oxygens (including phenoxy) is 2. The molecule has 4 aromatic rings. The Morgan fingerprint density at radius 2 is 2.03 bits per heavy atom. The van der Waals surface area contributed by atoms with Crippen LogP contribution in [0.5, 0.6) is 5.75 Å². The number of H-pyrrole nitrogens is 1. The van der Waals surface area contributed by atoms with Crippen LogP contribution in [0.3, 0.4) is 0 Å². The van der Waals surface area contributed by atoms with Gasteiger partial charge in [-0.1, -0.05) is 25.1 Å². The molecule has 206 valence electrons. The average Bonchev–Trinajstić information content (AvgIpc) is 3.61. The van der Waals surface area contributed by atoms with Gasteiger partial charge in [-0.25, -0.2) is 4.68 Å². The number of fused-ring (bicyclic) bond motifs is 1. The monoisotopic (exact) mass is 530 g/mol. The summed E-state index contributed by atoms with van der Waals surface area (Å²) in [6.45, 7) is 10.3. The molecule has 1 aliphatic heterocycles. The van der Waals surface area contributed by atoms with Crippen molar-refractivity contribution in [2.24, 2.45) is 0 Å². The molecule has 0 spiro atoms. The molecule has 0 saturated carbocycles. The zero-order valence-corrected chi connectivity index (χ0v) is 23.5. The van der Waals surface area contributed by atoms with Gasteiger partial charge in [0, 0.05) is 30.8 Å². The van der Waals surface area contributed by atoms with Gasteiger partial charge in [0.15, 0.2) is 5.82 Å². The summed E-state index contributed by atoms with van der Waals surface area (Å²) in [5.41, 5.74) is 3.16. The van der Waals surface area contributed by atoms with E-state index in [1.807, 2.05) is 35.0 Å². The van der Waals surface area contributed by atoms with Gasteiger partial charge in [-0.3, -0.25) is 9.69 Å². The van der Waals surface area contributed by atoms with E-state index in [9.17, 15) is 4.79 Å². The van der Waals surface area contributed by atoms with E-state index in [-0.39, 0.29) is 17.2 Å². The van der Waals surface area contributed by atoms with Gasteiger partial charge in [0.25, 0.3) is 5.56 Å². The van der Waals surface area contributed by atoms with Crippen molar-refractivity contribution in [1.29, 1.82) is 0 Å². The summed E-state index contributed by atoms with van der Waals surface area (Å²) in [7, 11) is 1.67. The van der Waals surface area contributed by atoms with Crippen LogP contribution < -0.4 is 10.3 Å². The third-order valence-corrected chi connectivity index (χ3v) is 7.36. The van der Waals surface area contributed by atoms with Crippen molar-refractivity contribution in [3.8, 4) is 5.75 Å². The number of pyridine rings is 1. The van der Waals surface area contributed by atoms with Crippen LogP contribution in [-0.4, -0.2) is 56.5 Å². The highest BCUT2D eigenvalue weighted by Gasteiger charge is 2.35. The summed E-state index contributed by atoms with van der Waals surface area (Å²) >= 11 is 0. The maximum atomic E-state index is 13.8. The summed E-state index contributed by atoms with van der Waals surface area (Å²) in [5, 5.41) is 14.0. The largest absolute Gasteiger partial charge is 0.497 e. The Kier molecular flexibility index (Phi) is 7.81. The third kappa shape index (κ3) is 5.89. The number of rotatable bonds is 9. The average molecular weight is 531 g/mol. The number of aromatic amines is 1. The molecule has 2 aromatic carbocycles. The van der Waals surface area contributed by atoms with Gasteiger partial charge in [0.05, 0.1) is 18.8 Å². The first-order valence-electron chi connectivity index (χ1n) is 13.7. The SMILES string of the molecule is CCc1ccc2[nH]c(=O)c([C@H](c3nnnn3C(C)(C)C)N(Cc3cccc(OC)c3)C[C@@H]3CCCO3)cc2c1. The van der Waals surface area contributed by atoms with Crippen LogP contribution in [0.1, 0.15) is 69.1 Å². The minimum atomic E-state index is -0.506. The van der Waals surface area contributed by atoms with Gasteiger partial charge < -0.3 is 14.5 Å². The van der Waals surface area contributed by atoms with E-state index in [0.29, 0.717) is 24.5 Å². The summed E-state index contributed by atoms with van der Waals surface area (Å²) in [4.78, 5) is 19.2. The zero-order chi connectivity index (χ0) is 27.6. The number of benzene rings is 2. The maximum Gasteiger partial charge on any atom is 0.253 e. The maximum absolute atomic E-state index is 13.8. The molecule has 0 amide bonds. The fourth-order valence-electron chi connectivity index (χ4n) is 5.35. The first kappa shape index (κ1) is 27.0. The van der Waals surface area contributed by atoms with E-state index in [2.05, 4.69) is 71.3 Å². The van der Waals surface area contributed by atoms with Crippen molar-refractivity contribution in [3.63, 3.8) is 0 Å². The van der Waals surface area contributed by atoms with Crippen LogP contribution in [-0.2, 0) is 23.2 Å². The predicted molar refractivity (Wildman–Crippen MR) is 151 cm³/mol. The smallest absolute Gasteiger partial charge is 0.253 e. The van der Waals surface area contributed by atoms with Crippen molar-refractivity contribution < 1.29 is 9.47 Å². The second-order valence-corrected chi connectivity index (χ2v) is 11.3. The standard InChI is InChI=1S/C30H38N6O3/c1-6-20-12-13-26-22(15-20)17-25(29(37)31-26)27(28-32-33-34-36(28)30(2,3)4)35(19-24-11-8-14-39-24)18-21-9-7-10-23(16-21)38-5/h7,9-10,12-13,15-17,24,27H,6,8,11,14,18-19H2,1-5H3,(H,31,37)/t24-,27+/m0/s1. The predicted octanol–water partition coefficient (Wildman–Crippen LogP) is 4.61. The van der Waals surface area contributed by atoms with Crippen LogP contribution >= 0.6 is 0 Å². The van der Waals surface area contributed by atoms with Crippen LogP contribution in [0.2, 0.25) is 0 Å². The van der Waals surface area contributed by atoms with E-state index in [0.717, 1.165) is 48.1 Å². The molecule has 0 bridgehead atoms. The normalized spacial score (nSPS) is 16.7. The summed E-state index contributed by atoms with van der Waals surface area (Å²) in [6, 6.07) is 15.7. The quantitative estimate of drug-likeness (QED) is 0.337. The van der Waals surface area contributed by atoms with Crippen molar-refractivity contribution in [3.05, 3.63) is 81.4 Å². The molecule has 3 heterocycles. The molecule has 2 aromatic heterocycles. The lowest BCUT2D eigenvalue weighted by Crippen LogP contribution is -2.40. The summed E-state index contributed by atoms with van der Waals surface area (Å²) in [5.74, 6) is 1.41. The van der Waals surface area contributed by atoms with Gasteiger partial charge in [0.1, 0.15) is 11.8 Å². The number of methoxy groups -OCH3 is 1. The molecule has 2 atom stereocenters. The van der Waals surface area contributed by atoms with Gasteiger partial charge >= 0.3 is 0 Å². The van der Waals surface area contributed by atoms with Crippen molar-refractivity contribution in [1.82, 2.24) is 30.1 Å². The Bertz CT molecular complexity index is 1480. The highest BCUT2D eigenvalue weighted by atomic mass is 16.5. The highest BCUT2D eigenvalue weighted by molar-refractivity contribution is 5.80. The number of hydrogen-bond acceptors (Lipinski definition) is 7. The first-order chi connectivity index (χ1) is 18.8. The fraction of sp³-hybridized carbons (Fsp3) is 0.467. The van der Waals surface area contributed by atoms with Gasteiger partial charge in [-0.15, -0.1) is 5.10 Å². The number of aryl methyl sites for hydroxylation is 1. The van der Waals surface area contributed by atoms with E-state index in [4.69, 9.17) is 9.47 Å². The molecular formula is C30H38N6O3. The third-order valence-electron chi connectivity index (χ3n) is 7.36. The van der Waals surface area contributed by atoms with Gasteiger partial charge in [-0.05, 0) is 97.3 Å². The Labute approximate surface area is 229 Å². The lowest BCUT2D eigenvalue weighted by Gasteiger charge is -2.34. The highest BCUT2D eigenvalue weighted by Crippen LogP contribution is 2.32. The molecule has 0 unspecified atom stereocenters. The number of aromatic nitrogens is 5. The second-order valence-electron chi connectivity index (χ2n) is 11.3. The van der Waals surface area contributed by atoms with Crippen LogP contribution in [0.15, 0.2) is 53.3 Å². The first-order valence-corrected chi connectivity index (χ1v) is 13.7. The van der Waals surface area contributed by atoms with Crippen LogP contribution in [0.25, 0.3) is 10.9 Å². The number of nitrogens with one attached hydrogen (secondary N) is 1. The molecule has 0 aliphatic carbocycles. The molecule has 9 nitrogen and oxygen atoms in total. The Morgan fingerprint density at radius 1 is 1.18 bits per heavy atom. The van der Waals surface area contributed by atoms with Crippen molar-refractivity contribution in [2.45, 2.75) is 71.2 Å². The number of nitrogens with zero attached hydrogens (tertiary/aromatic N) is 5. The minimum Gasteiger partial charge on any atom is -0.497 e. The summed E-state index contributed by atoms with van der Waals surface area (Å²) in [6.07, 6.45) is 2.97. The van der Waals surface area contributed by atoms with E-state index in [1.54, 1.807) is 7.11 Å². The molecular weight excluding hydrogens is 492 g/mol. The topological polar surface area (TPSA) is 98.2 Å². The van der Waals surface area contributed by atoms with Crippen molar-refractivity contribution >= 4 is 10.9 Å². The Morgan fingerprint density at radius 3 is 2.74 bits per heavy atom. The lowest BCUT2D eigenvalue weighted by atomic mass is 9.99. The minimum absolute atomic E-state index is 0.0586. The van der Waals surface area contributed by atoms with E-state index < -0.39 is 6.04 Å². The second kappa shape index (κ2) is 11.3. The molecule has 5 rings (SSSR count). The fourth-order valence-corrected chi connectivity index (χ4v) is 5.35. The van der Waals surface area contributed by atoms with Crippen LogP contribution in [0, 0.1) is 0 Å². The molecule has 39 heavy (non-hydrogen) atoms. The molecule has 1 saturated heterocycles. The molecule has 9 heteroatoms. The molecule has 1 fully saturated rings. The zero-order valence-electron chi connectivity index (χ0n) is 23.5. The van der Waals surface area contributed by atoms with Gasteiger partial charge in [0.2, 0.25) is 0 Å². The lowest BCUT2D eigenvalue weighted by molar-refractivity contribution is 0.0564. The van der Waals surface area contributed by atoms with E-state index in [1.165, 1.54) is 5.56 Å². The molecule has 1 N–H and O–H groups in total. The Balaban J connectivity index is 1.70. The Hall–Kier alpha value is -3.56. The summed E-state index contributed by atoms with van der Waals surface area (Å²) < 4.78 is 13.4. The number of hydrogen-bond donors (Lipinski definition) is 1.